The van der Waals surface area contributed by atoms with Crippen molar-refractivity contribution < 1.29 is 37.0 Å². The zero-order valence-corrected chi connectivity index (χ0v) is 17.5. The number of ether oxygens (including phenoxy) is 2. The Kier molecular flexibility index (Phi) is 7.60. The second kappa shape index (κ2) is 9.75. The van der Waals surface area contributed by atoms with Gasteiger partial charge in [0.2, 0.25) is 0 Å². The van der Waals surface area contributed by atoms with Crippen molar-refractivity contribution in [2.75, 3.05) is 18.5 Å². The third kappa shape index (κ3) is 4.99. The first-order chi connectivity index (χ1) is 14.1. The molecule has 6 nitrogen and oxygen atoms in total. The lowest BCUT2D eigenvalue weighted by atomic mass is 10.1. The zero-order chi connectivity index (χ0) is 22.6. The Bertz CT molecular complexity index is 987. The summed E-state index contributed by atoms with van der Waals surface area (Å²) in [6.07, 6.45) is 0. The third-order valence-corrected chi connectivity index (χ3v) is 5.05. The highest BCUT2D eigenvalue weighted by atomic mass is 32.1. The molecule has 0 aliphatic rings. The molecule has 0 atom stereocenters. The van der Waals surface area contributed by atoms with Crippen LogP contribution in [0, 0.1) is 30.3 Å². The van der Waals surface area contributed by atoms with Gasteiger partial charge >= 0.3 is 11.9 Å². The van der Waals surface area contributed by atoms with Crippen LogP contribution in [-0.4, -0.2) is 31.1 Å². The number of anilines is 1. The van der Waals surface area contributed by atoms with Gasteiger partial charge in [-0.05, 0) is 37.5 Å². The van der Waals surface area contributed by atoms with Crippen molar-refractivity contribution in [1.82, 2.24) is 0 Å². The molecule has 0 fully saturated rings. The lowest BCUT2D eigenvalue weighted by Gasteiger charge is -2.08. The number of amides is 1. The van der Waals surface area contributed by atoms with E-state index in [0.29, 0.717) is 6.07 Å². The molecule has 0 aliphatic carbocycles. The number of rotatable bonds is 7. The maximum atomic E-state index is 13.9. The summed E-state index contributed by atoms with van der Waals surface area (Å²) in [6, 6.07) is 1.37. The Labute approximate surface area is 175 Å². The van der Waals surface area contributed by atoms with Crippen molar-refractivity contribution >= 4 is 34.2 Å². The fourth-order valence-corrected chi connectivity index (χ4v) is 3.51. The van der Waals surface area contributed by atoms with Crippen LogP contribution in [0.15, 0.2) is 12.1 Å². The molecule has 30 heavy (non-hydrogen) atoms. The number of hydrogen-bond acceptors (Lipinski definition) is 6. The van der Waals surface area contributed by atoms with Gasteiger partial charge in [-0.2, -0.15) is 0 Å². The van der Waals surface area contributed by atoms with Crippen molar-refractivity contribution in [3.8, 4) is 0 Å². The predicted octanol–water partition coefficient (Wildman–Crippen LogP) is 4.72. The van der Waals surface area contributed by atoms with Gasteiger partial charge in [-0.1, -0.05) is 13.8 Å². The Morgan fingerprint density at radius 3 is 2.33 bits per heavy atom. The van der Waals surface area contributed by atoms with Crippen LogP contribution in [0.25, 0.3) is 0 Å². The van der Waals surface area contributed by atoms with E-state index in [0.717, 1.165) is 17.4 Å². The molecule has 2 rings (SSSR count). The molecule has 0 unspecified atom stereocenters. The minimum atomic E-state index is -1.80. The van der Waals surface area contributed by atoms with Crippen molar-refractivity contribution in [3.63, 3.8) is 0 Å². The third-order valence-electron chi connectivity index (χ3n) is 3.87. The first-order valence-corrected chi connectivity index (χ1v) is 9.82. The van der Waals surface area contributed by atoms with E-state index in [2.05, 4.69) is 5.32 Å². The molecule has 1 aromatic heterocycles. The van der Waals surface area contributed by atoms with Crippen LogP contribution in [0.2, 0.25) is 0 Å². The van der Waals surface area contributed by atoms with Crippen LogP contribution in [0.1, 0.15) is 56.7 Å². The fraction of sp³-hybridized carbons (Fsp3) is 0.350. The van der Waals surface area contributed by atoms with Crippen molar-refractivity contribution in [2.24, 2.45) is 5.92 Å². The molecule has 0 spiro atoms. The number of carbonyl (C=O) groups is 3. The average Bonchev–Trinajstić information content (AvgIpc) is 3.00. The number of carbonyl (C=O) groups excluding carboxylic acids is 3. The molecule has 1 aromatic carbocycles. The maximum absolute atomic E-state index is 13.9. The molecule has 162 valence electrons. The van der Waals surface area contributed by atoms with E-state index in [-0.39, 0.29) is 40.1 Å². The molecule has 0 bridgehead atoms. The Morgan fingerprint density at radius 1 is 1.07 bits per heavy atom. The van der Waals surface area contributed by atoms with Gasteiger partial charge in [0.05, 0.1) is 24.3 Å². The first kappa shape index (κ1) is 23.4. The number of nitrogens with one attached hydrogen (secondary N) is 1. The summed E-state index contributed by atoms with van der Waals surface area (Å²) in [5, 5.41) is 2.18. The van der Waals surface area contributed by atoms with Crippen molar-refractivity contribution in [3.05, 3.63) is 51.2 Å². The molecule has 1 amide bonds. The quantitative estimate of drug-likeness (QED) is 0.495. The standard InChI is InChI=1S/C20H20F3NO5S/c1-5-28-19(26)13-10(4)16(20(27)29-8-9(2)3)30-18(13)24-17(25)11-6-7-12(21)15(23)14(11)22/h6-7,9H,5,8H2,1-4H3,(H,24,25). The number of esters is 2. The first-order valence-electron chi connectivity index (χ1n) is 9.00. The molecule has 0 aliphatic heterocycles. The van der Waals surface area contributed by atoms with Gasteiger partial charge < -0.3 is 14.8 Å². The minimum absolute atomic E-state index is 0.0342. The summed E-state index contributed by atoms with van der Waals surface area (Å²) in [5.41, 5.74) is -0.651. The molecule has 0 saturated heterocycles. The van der Waals surface area contributed by atoms with E-state index in [1.54, 1.807) is 6.92 Å². The highest BCUT2D eigenvalue weighted by Gasteiger charge is 2.28. The number of thiophene rings is 1. The molecular weight excluding hydrogens is 423 g/mol. The summed E-state index contributed by atoms with van der Waals surface area (Å²) < 4.78 is 50.7. The average molecular weight is 443 g/mol. The molecule has 1 heterocycles. The second-order valence-electron chi connectivity index (χ2n) is 6.65. The molecule has 0 radical (unpaired) electrons. The van der Waals surface area contributed by atoms with Gasteiger partial charge in [0.15, 0.2) is 17.5 Å². The largest absolute Gasteiger partial charge is 0.462 e. The van der Waals surface area contributed by atoms with E-state index in [1.165, 1.54) is 6.92 Å². The van der Waals surface area contributed by atoms with Crippen LogP contribution in [0.4, 0.5) is 18.2 Å². The monoisotopic (exact) mass is 443 g/mol. The van der Waals surface area contributed by atoms with E-state index in [4.69, 9.17) is 9.47 Å². The number of halogens is 3. The van der Waals surface area contributed by atoms with Crippen molar-refractivity contribution in [2.45, 2.75) is 27.7 Å². The van der Waals surface area contributed by atoms with E-state index in [9.17, 15) is 27.6 Å². The van der Waals surface area contributed by atoms with Gasteiger partial charge in [0.25, 0.3) is 5.91 Å². The van der Waals surface area contributed by atoms with Crippen molar-refractivity contribution in [1.29, 1.82) is 0 Å². The van der Waals surface area contributed by atoms with Crippen LogP contribution >= 0.6 is 11.3 Å². The van der Waals surface area contributed by atoms with Gasteiger partial charge in [0.1, 0.15) is 9.88 Å². The summed E-state index contributed by atoms with van der Waals surface area (Å²) in [4.78, 5) is 37.2. The molecule has 1 N–H and O–H groups in total. The highest BCUT2D eigenvalue weighted by Crippen LogP contribution is 2.35. The van der Waals surface area contributed by atoms with Gasteiger partial charge in [0, 0.05) is 0 Å². The number of benzene rings is 1. The predicted molar refractivity (Wildman–Crippen MR) is 104 cm³/mol. The van der Waals surface area contributed by atoms with Gasteiger partial charge in [-0.15, -0.1) is 11.3 Å². The zero-order valence-electron chi connectivity index (χ0n) is 16.7. The van der Waals surface area contributed by atoms with Crippen LogP contribution in [0.5, 0.6) is 0 Å². The summed E-state index contributed by atoms with van der Waals surface area (Å²) >= 11 is 0.739. The Hall–Kier alpha value is -2.88. The lowest BCUT2D eigenvalue weighted by Crippen LogP contribution is -2.17. The maximum Gasteiger partial charge on any atom is 0.348 e. The van der Waals surface area contributed by atoms with Gasteiger partial charge in [-0.25, -0.2) is 22.8 Å². The molecule has 10 heteroatoms. The number of hydrogen-bond donors (Lipinski definition) is 1. The van der Waals surface area contributed by atoms with Crippen LogP contribution < -0.4 is 5.32 Å². The van der Waals surface area contributed by atoms with E-state index in [1.807, 2.05) is 13.8 Å². The topological polar surface area (TPSA) is 81.7 Å². The summed E-state index contributed by atoms with van der Waals surface area (Å²) in [5.74, 6) is -7.47. The highest BCUT2D eigenvalue weighted by molar-refractivity contribution is 7.18. The van der Waals surface area contributed by atoms with Crippen LogP contribution in [0.3, 0.4) is 0 Å². The normalized spacial score (nSPS) is 10.8. The van der Waals surface area contributed by atoms with Crippen LogP contribution in [-0.2, 0) is 9.47 Å². The van der Waals surface area contributed by atoms with E-state index < -0.39 is 40.9 Å². The fourth-order valence-electron chi connectivity index (χ4n) is 2.42. The van der Waals surface area contributed by atoms with E-state index >= 15 is 0 Å². The van der Waals surface area contributed by atoms with Gasteiger partial charge in [-0.3, -0.25) is 4.79 Å². The Balaban J connectivity index is 2.43. The summed E-state index contributed by atoms with van der Waals surface area (Å²) in [6.45, 7) is 6.93. The molecular formula is C20H20F3NO5S. The minimum Gasteiger partial charge on any atom is -0.462 e. The summed E-state index contributed by atoms with van der Waals surface area (Å²) in [7, 11) is 0. The molecule has 2 aromatic rings. The second-order valence-corrected chi connectivity index (χ2v) is 7.67. The SMILES string of the molecule is CCOC(=O)c1c(NC(=O)c2ccc(F)c(F)c2F)sc(C(=O)OCC(C)C)c1C. The molecule has 0 saturated carbocycles. The lowest BCUT2D eigenvalue weighted by molar-refractivity contribution is 0.0464. The smallest absolute Gasteiger partial charge is 0.348 e. The Morgan fingerprint density at radius 2 is 1.73 bits per heavy atom.